The average molecular weight is 283 g/mol. The number of rotatable bonds is 8. The maximum Gasteiger partial charge on any atom is 0.0722 e. The molecule has 0 unspecified atom stereocenters. The van der Waals surface area contributed by atoms with E-state index in [-0.39, 0.29) is 5.41 Å². The molecule has 1 heterocycles. The zero-order valence-corrected chi connectivity index (χ0v) is 13.9. The van der Waals surface area contributed by atoms with Crippen LogP contribution in [-0.2, 0) is 19.0 Å². The lowest BCUT2D eigenvalue weighted by atomic mass is 9.89. The van der Waals surface area contributed by atoms with Gasteiger partial charge in [-0.2, -0.15) is 16.9 Å². The van der Waals surface area contributed by atoms with Crippen LogP contribution in [0.15, 0.2) is 6.20 Å². The number of nitrogens with one attached hydrogen (secondary N) is 1. The van der Waals surface area contributed by atoms with Crippen molar-refractivity contribution in [2.75, 3.05) is 18.6 Å². The molecule has 110 valence electrons. The Bertz CT molecular complexity index is 366. The van der Waals surface area contributed by atoms with Crippen LogP contribution in [-0.4, -0.2) is 28.3 Å². The predicted molar refractivity (Wildman–Crippen MR) is 85.8 cm³/mol. The van der Waals surface area contributed by atoms with Gasteiger partial charge in [0.05, 0.1) is 5.69 Å². The highest BCUT2D eigenvalue weighted by atomic mass is 32.2. The fourth-order valence-electron chi connectivity index (χ4n) is 2.19. The van der Waals surface area contributed by atoms with E-state index in [2.05, 4.69) is 43.6 Å². The highest BCUT2D eigenvalue weighted by Crippen LogP contribution is 2.23. The van der Waals surface area contributed by atoms with Crippen molar-refractivity contribution in [3.05, 3.63) is 17.5 Å². The number of thioether (sulfide) groups is 1. The fourth-order valence-corrected chi connectivity index (χ4v) is 2.69. The Hall–Kier alpha value is -0.480. The minimum atomic E-state index is 0.122. The first-order valence-electron chi connectivity index (χ1n) is 7.18. The molecular weight excluding hydrogens is 254 g/mol. The zero-order chi connectivity index (χ0) is 14.3. The van der Waals surface area contributed by atoms with Crippen molar-refractivity contribution in [1.82, 2.24) is 15.1 Å². The summed E-state index contributed by atoms with van der Waals surface area (Å²) in [6.07, 6.45) is 8.25. The number of aryl methyl sites for hydroxylation is 1. The van der Waals surface area contributed by atoms with Crippen LogP contribution in [0, 0.1) is 0 Å². The average Bonchev–Trinajstić information content (AvgIpc) is 2.69. The summed E-state index contributed by atoms with van der Waals surface area (Å²) in [5, 5.41) is 8.14. The first kappa shape index (κ1) is 16.6. The molecule has 1 aromatic rings. The Labute approximate surface area is 122 Å². The van der Waals surface area contributed by atoms with Crippen molar-refractivity contribution in [1.29, 1.82) is 0 Å². The first-order valence-corrected chi connectivity index (χ1v) is 8.57. The minimum Gasteiger partial charge on any atom is -0.313 e. The molecule has 0 bridgehead atoms. The van der Waals surface area contributed by atoms with E-state index in [1.165, 1.54) is 36.3 Å². The Balaban J connectivity index is 2.33. The molecule has 0 aliphatic carbocycles. The van der Waals surface area contributed by atoms with Gasteiger partial charge in [0.15, 0.2) is 0 Å². The predicted octanol–water partition coefficient (Wildman–Crippen LogP) is 3.34. The van der Waals surface area contributed by atoms with E-state index in [0.717, 1.165) is 13.1 Å². The Morgan fingerprint density at radius 1 is 1.26 bits per heavy atom. The highest BCUT2D eigenvalue weighted by Gasteiger charge is 2.21. The molecule has 3 nitrogen and oxygen atoms in total. The molecule has 0 saturated heterocycles. The largest absolute Gasteiger partial charge is 0.313 e. The Kier molecular flexibility index (Phi) is 6.94. The summed E-state index contributed by atoms with van der Waals surface area (Å²) in [7, 11) is 2.00. The van der Waals surface area contributed by atoms with Gasteiger partial charge in [0, 0.05) is 30.8 Å². The summed E-state index contributed by atoms with van der Waals surface area (Å²) in [6, 6.07) is 0. The van der Waals surface area contributed by atoms with E-state index in [4.69, 9.17) is 0 Å². The van der Waals surface area contributed by atoms with Crippen LogP contribution in [0.2, 0.25) is 0 Å². The summed E-state index contributed by atoms with van der Waals surface area (Å²) in [4.78, 5) is 0. The SMILES string of the molecule is CSCCCCCNCc1cn(C)nc1C(C)(C)C. The summed E-state index contributed by atoms with van der Waals surface area (Å²) in [5.74, 6) is 1.29. The molecule has 1 rings (SSSR count). The van der Waals surface area contributed by atoms with Gasteiger partial charge in [0.25, 0.3) is 0 Å². The molecule has 4 heteroatoms. The molecule has 0 spiro atoms. The highest BCUT2D eigenvalue weighted by molar-refractivity contribution is 7.98. The van der Waals surface area contributed by atoms with Crippen LogP contribution < -0.4 is 5.32 Å². The molecule has 19 heavy (non-hydrogen) atoms. The van der Waals surface area contributed by atoms with E-state index < -0.39 is 0 Å². The Morgan fingerprint density at radius 3 is 2.63 bits per heavy atom. The zero-order valence-electron chi connectivity index (χ0n) is 13.1. The molecule has 0 amide bonds. The number of hydrogen-bond acceptors (Lipinski definition) is 3. The molecule has 1 N–H and O–H groups in total. The lowest BCUT2D eigenvalue weighted by molar-refractivity contribution is 0.541. The molecule has 0 aliphatic rings. The van der Waals surface area contributed by atoms with Gasteiger partial charge in [0.1, 0.15) is 0 Å². The molecule has 0 fully saturated rings. The monoisotopic (exact) mass is 283 g/mol. The van der Waals surface area contributed by atoms with Crippen LogP contribution >= 0.6 is 11.8 Å². The van der Waals surface area contributed by atoms with E-state index in [0.29, 0.717) is 0 Å². The van der Waals surface area contributed by atoms with Gasteiger partial charge >= 0.3 is 0 Å². The topological polar surface area (TPSA) is 29.9 Å². The number of nitrogens with zero attached hydrogens (tertiary/aromatic N) is 2. The molecule has 0 saturated carbocycles. The molecule has 1 aromatic heterocycles. The third-order valence-electron chi connectivity index (χ3n) is 3.13. The van der Waals surface area contributed by atoms with Gasteiger partial charge in [-0.15, -0.1) is 0 Å². The molecule has 0 atom stereocenters. The van der Waals surface area contributed by atoms with Crippen molar-refractivity contribution in [3.63, 3.8) is 0 Å². The maximum atomic E-state index is 4.60. The fraction of sp³-hybridized carbons (Fsp3) is 0.800. The minimum absolute atomic E-state index is 0.122. The van der Waals surface area contributed by atoms with E-state index >= 15 is 0 Å². The van der Waals surface area contributed by atoms with Gasteiger partial charge in [-0.1, -0.05) is 27.2 Å². The van der Waals surface area contributed by atoms with Crippen LogP contribution in [0.4, 0.5) is 0 Å². The van der Waals surface area contributed by atoms with E-state index in [1.807, 2.05) is 23.5 Å². The summed E-state index contributed by atoms with van der Waals surface area (Å²) >= 11 is 1.94. The molecular formula is C15H29N3S. The molecule has 0 aliphatic heterocycles. The maximum absolute atomic E-state index is 4.60. The van der Waals surface area contributed by atoms with Crippen LogP contribution in [0.3, 0.4) is 0 Å². The van der Waals surface area contributed by atoms with Crippen LogP contribution in [0.1, 0.15) is 51.3 Å². The van der Waals surface area contributed by atoms with Crippen molar-refractivity contribution in [3.8, 4) is 0 Å². The lowest BCUT2D eigenvalue weighted by Gasteiger charge is -2.17. The third kappa shape index (κ3) is 6.00. The first-order chi connectivity index (χ1) is 8.95. The van der Waals surface area contributed by atoms with Gasteiger partial charge in [0.2, 0.25) is 0 Å². The summed E-state index contributed by atoms with van der Waals surface area (Å²) in [6.45, 7) is 8.71. The Morgan fingerprint density at radius 2 is 2.00 bits per heavy atom. The van der Waals surface area contributed by atoms with Crippen LogP contribution in [0.25, 0.3) is 0 Å². The van der Waals surface area contributed by atoms with E-state index in [1.54, 1.807) is 0 Å². The van der Waals surface area contributed by atoms with Gasteiger partial charge in [-0.05, 0) is 31.4 Å². The number of hydrogen-bond donors (Lipinski definition) is 1. The summed E-state index contributed by atoms with van der Waals surface area (Å²) < 4.78 is 1.93. The van der Waals surface area contributed by atoms with Gasteiger partial charge in [-0.25, -0.2) is 0 Å². The third-order valence-corrected chi connectivity index (χ3v) is 3.83. The molecule has 0 aromatic carbocycles. The number of aromatic nitrogens is 2. The normalized spacial score (nSPS) is 12.1. The quantitative estimate of drug-likeness (QED) is 0.742. The van der Waals surface area contributed by atoms with Gasteiger partial charge < -0.3 is 5.32 Å². The van der Waals surface area contributed by atoms with Gasteiger partial charge in [-0.3, -0.25) is 4.68 Å². The lowest BCUT2D eigenvalue weighted by Crippen LogP contribution is -2.20. The second-order valence-corrected chi connectivity index (χ2v) is 7.14. The summed E-state index contributed by atoms with van der Waals surface area (Å²) in [5.41, 5.74) is 2.67. The standard InChI is InChI=1S/C15H29N3S/c1-15(2,3)14-13(12-18(4)17-14)11-16-9-7-6-8-10-19-5/h12,16H,6-11H2,1-5H3. The van der Waals surface area contributed by atoms with Crippen LogP contribution in [0.5, 0.6) is 0 Å². The van der Waals surface area contributed by atoms with E-state index in [9.17, 15) is 0 Å². The van der Waals surface area contributed by atoms with Crippen molar-refractivity contribution < 1.29 is 0 Å². The second-order valence-electron chi connectivity index (χ2n) is 6.16. The smallest absolute Gasteiger partial charge is 0.0722 e. The second kappa shape index (κ2) is 7.95. The van der Waals surface area contributed by atoms with Crippen molar-refractivity contribution >= 4 is 11.8 Å². The molecule has 0 radical (unpaired) electrons. The number of unbranched alkanes of at least 4 members (excludes halogenated alkanes) is 2. The van der Waals surface area contributed by atoms with Crippen molar-refractivity contribution in [2.24, 2.45) is 7.05 Å². The van der Waals surface area contributed by atoms with Crippen molar-refractivity contribution in [2.45, 2.75) is 52.0 Å².